The van der Waals surface area contributed by atoms with E-state index in [-0.39, 0.29) is 16.6 Å². The smallest absolute Gasteiger partial charge is 0.243 e. The Morgan fingerprint density at radius 3 is 2.57 bits per heavy atom. The highest BCUT2D eigenvalue weighted by Gasteiger charge is 2.26. The minimum Gasteiger partial charge on any atom is -0.398 e. The van der Waals surface area contributed by atoms with Crippen LogP contribution in [0.4, 0.5) is 10.1 Å². The minimum atomic E-state index is -3.88. The molecule has 1 saturated heterocycles. The summed E-state index contributed by atoms with van der Waals surface area (Å²) in [6.07, 6.45) is 1.46. The average molecular weight is 315 g/mol. The van der Waals surface area contributed by atoms with E-state index in [1.807, 2.05) is 0 Å². The quantitative estimate of drug-likeness (QED) is 0.825. The normalized spacial score (nSPS) is 18.0. The van der Waals surface area contributed by atoms with Crippen molar-refractivity contribution >= 4 is 15.7 Å². The molecule has 3 N–H and O–H groups in total. The van der Waals surface area contributed by atoms with Crippen LogP contribution >= 0.6 is 0 Å². The second-order valence-electron chi connectivity index (χ2n) is 5.47. The molecule has 5 nitrogen and oxygen atoms in total. The molecule has 0 amide bonds. The summed E-state index contributed by atoms with van der Waals surface area (Å²) in [6.45, 7) is 6.38. The molecule has 0 saturated carbocycles. The number of halogens is 1. The Kier molecular flexibility index (Phi) is 4.85. The van der Waals surface area contributed by atoms with Gasteiger partial charge in [-0.1, -0.05) is 6.92 Å². The van der Waals surface area contributed by atoms with Crippen LogP contribution in [0.1, 0.15) is 25.3 Å². The van der Waals surface area contributed by atoms with Crippen molar-refractivity contribution < 1.29 is 12.8 Å². The van der Waals surface area contributed by atoms with Gasteiger partial charge in [0.2, 0.25) is 10.0 Å². The third kappa shape index (κ3) is 3.72. The highest BCUT2D eigenvalue weighted by atomic mass is 32.2. The van der Waals surface area contributed by atoms with Crippen molar-refractivity contribution in [2.75, 3.05) is 25.4 Å². The summed E-state index contributed by atoms with van der Waals surface area (Å²) in [5, 5.41) is 0. The SMILES string of the molecule is CCN1CCC(NS(=O)(=O)c2cc(N)c(C)cc2F)CC1. The number of hydrogen-bond acceptors (Lipinski definition) is 4. The zero-order valence-electron chi connectivity index (χ0n) is 12.4. The van der Waals surface area contributed by atoms with E-state index in [0.717, 1.165) is 38.5 Å². The summed E-state index contributed by atoms with van der Waals surface area (Å²) >= 11 is 0. The maximum absolute atomic E-state index is 13.9. The zero-order valence-corrected chi connectivity index (χ0v) is 13.2. The predicted molar refractivity (Wildman–Crippen MR) is 81.0 cm³/mol. The molecule has 2 rings (SSSR count). The Balaban J connectivity index is 2.14. The summed E-state index contributed by atoms with van der Waals surface area (Å²) in [4.78, 5) is 1.89. The van der Waals surface area contributed by atoms with Crippen molar-refractivity contribution in [2.24, 2.45) is 0 Å². The Morgan fingerprint density at radius 2 is 2.00 bits per heavy atom. The van der Waals surface area contributed by atoms with E-state index in [0.29, 0.717) is 5.56 Å². The maximum Gasteiger partial charge on any atom is 0.243 e. The van der Waals surface area contributed by atoms with E-state index >= 15 is 0 Å². The van der Waals surface area contributed by atoms with Crippen LogP contribution in [0.3, 0.4) is 0 Å². The molecule has 1 aliphatic heterocycles. The Bertz CT molecular complexity index is 611. The topological polar surface area (TPSA) is 75.4 Å². The average Bonchev–Trinajstić information content (AvgIpc) is 2.43. The molecule has 0 bridgehead atoms. The predicted octanol–water partition coefficient (Wildman–Crippen LogP) is 1.48. The van der Waals surface area contributed by atoms with E-state index < -0.39 is 15.8 Å². The van der Waals surface area contributed by atoms with E-state index in [1.54, 1.807) is 6.92 Å². The lowest BCUT2D eigenvalue weighted by Crippen LogP contribution is -2.44. The summed E-state index contributed by atoms with van der Waals surface area (Å²) in [6, 6.07) is 2.19. The highest BCUT2D eigenvalue weighted by molar-refractivity contribution is 7.89. The van der Waals surface area contributed by atoms with Crippen LogP contribution in [-0.2, 0) is 10.0 Å². The summed E-state index contributed by atoms with van der Waals surface area (Å²) in [5.74, 6) is -0.764. The van der Waals surface area contributed by atoms with Gasteiger partial charge in [0.15, 0.2) is 0 Å². The number of nitrogens with zero attached hydrogens (tertiary/aromatic N) is 1. The van der Waals surface area contributed by atoms with Crippen molar-refractivity contribution in [1.82, 2.24) is 9.62 Å². The number of aryl methyl sites for hydroxylation is 1. The number of rotatable bonds is 4. The van der Waals surface area contributed by atoms with Gasteiger partial charge in [-0.05, 0) is 57.1 Å². The molecule has 1 heterocycles. The van der Waals surface area contributed by atoms with Gasteiger partial charge in [0.05, 0.1) is 0 Å². The van der Waals surface area contributed by atoms with Gasteiger partial charge in [-0.25, -0.2) is 17.5 Å². The van der Waals surface area contributed by atoms with Crippen LogP contribution in [0.5, 0.6) is 0 Å². The van der Waals surface area contributed by atoms with Gasteiger partial charge in [-0.15, -0.1) is 0 Å². The lowest BCUT2D eigenvalue weighted by Gasteiger charge is -2.31. The second-order valence-corrected chi connectivity index (χ2v) is 7.15. The first-order valence-electron chi connectivity index (χ1n) is 7.13. The number of sulfonamides is 1. The fourth-order valence-corrected chi connectivity index (χ4v) is 3.92. The third-order valence-electron chi connectivity index (χ3n) is 3.97. The van der Waals surface area contributed by atoms with Crippen molar-refractivity contribution in [3.63, 3.8) is 0 Å². The number of nitrogens with one attached hydrogen (secondary N) is 1. The molecule has 1 fully saturated rings. The van der Waals surface area contributed by atoms with Crippen LogP contribution in [0.25, 0.3) is 0 Å². The van der Waals surface area contributed by atoms with Crippen molar-refractivity contribution in [1.29, 1.82) is 0 Å². The van der Waals surface area contributed by atoms with Gasteiger partial charge in [0.25, 0.3) is 0 Å². The summed E-state index contributed by atoms with van der Waals surface area (Å²) in [7, 11) is -3.88. The lowest BCUT2D eigenvalue weighted by atomic mass is 10.1. The summed E-state index contributed by atoms with van der Waals surface area (Å²) < 4.78 is 41.1. The molecule has 118 valence electrons. The number of anilines is 1. The fourth-order valence-electron chi connectivity index (χ4n) is 2.52. The molecule has 0 atom stereocenters. The van der Waals surface area contributed by atoms with Gasteiger partial charge < -0.3 is 10.6 Å². The van der Waals surface area contributed by atoms with Gasteiger partial charge >= 0.3 is 0 Å². The molecule has 0 radical (unpaired) electrons. The number of piperidine rings is 1. The molecule has 0 unspecified atom stereocenters. The first-order valence-corrected chi connectivity index (χ1v) is 8.62. The third-order valence-corrected chi connectivity index (χ3v) is 5.50. The number of nitrogens with two attached hydrogens (primary N) is 1. The fraction of sp³-hybridized carbons (Fsp3) is 0.571. The standard InChI is InChI=1S/C14H22FN3O2S/c1-3-18-6-4-11(5-7-18)17-21(19,20)14-9-13(16)10(2)8-12(14)15/h8-9,11,17H,3-7,16H2,1-2H3. The molecule has 0 spiro atoms. The molecule has 1 aromatic rings. The largest absolute Gasteiger partial charge is 0.398 e. The Morgan fingerprint density at radius 1 is 1.38 bits per heavy atom. The van der Waals surface area contributed by atoms with Crippen LogP contribution in [0.15, 0.2) is 17.0 Å². The number of likely N-dealkylation sites (tertiary alicyclic amines) is 1. The molecule has 0 aliphatic carbocycles. The number of benzene rings is 1. The van der Waals surface area contributed by atoms with E-state index in [2.05, 4.69) is 16.5 Å². The number of nitrogen functional groups attached to an aromatic ring is 1. The Hall–Kier alpha value is -1.18. The van der Waals surface area contributed by atoms with E-state index in [1.165, 1.54) is 6.07 Å². The first kappa shape index (κ1) is 16.2. The minimum absolute atomic E-state index is 0.153. The van der Waals surface area contributed by atoms with Crippen LogP contribution in [0, 0.1) is 12.7 Å². The van der Waals surface area contributed by atoms with Gasteiger partial charge in [-0.2, -0.15) is 0 Å². The molecule has 1 aromatic carbocycles. The highest BCUT2D eigenvalue weighted by Crippen LogP contribution is 2.22. The zero-order chi connectivity index (χ0) is 15.6. The monoisotopic (exact) mass is 315 g/mol. The van der Waals surface area contributed by atoms with Crippen LogP contribution in [0.2, 0.25) is 0 Å². The van der Waals surface area contributed by atoms with Gasteiger partial charge in [0, 0.05) is 11.7 Å². The van der Waals surface area contributed by atoms with Crippen molar-refractivity contribution in [3.05, 3.63) is 23.5 Å². The molecular formula is C14H22FN3O2S. The molecular weight excluding hydrogens is 293 g/mol. The maximum atomic E-state index is 13.9. The van der Waals surface area contributed by atoms with E-state index in [4.69, 9.17) is 5.73 Å². The second kappa shape index (κ2) is 6.29. The molecule has 0 aromatic heterocycles. The summed E-state index contributed by atoms with van der Waals surface area (Å²) in [5.41, 5.74) is 6.50. The Labute approximate surface area is 125 Å². The van der Waals surface area contributed by atoms with Crippen LogP contribution in [-0.4, -0.2) is 39.0 Å². The number of hydrogen-bond donors (Lipinski definition) is 2. The molecule has 21 heavy (non-hydrogen) atoms. The van der Waals surface area contributed by atoms with Gasteiger partial charge in [-0.3, -0.25) is 0 Å². The van der Waals surface area contributed by atoms with Crippen molar-refractivity contribution in [3.8, 4) is 0 Å². The lowest BCUT2D eigenvalue weighted by molar-refractivity contribution is 0.217. The van der Waals surface area contributed by atoms with E-state index in [9.17, 15) is 12.8 Å². The first-order chi connectivity index (χ1) is 9.83. The van der Waals surface area contributed by atoms with Crippen molar-refractivity contribution in [2.45, 2.75) is 37.6 Å². The molecule has 1 aliphatic rings. The molecule has 7 heteroatoms. The van der Waals surface area contributed by atoms with Gasteiger partial charge in [0.1, 0.15) is 10.7 Å². The van der Waals surface area contributed by atoms with Crippen LogP contribution < -0.4 is 10.5 Å².